The molecule has 6 aromatic heterocycles. The van der Waals surface area contributed by atoms with E-state index in [9.17, 15) is 85.8 Å². The van der Waals surface area contributed by atoms with Gasteiger partial charge in [0.05, 0.1) is 106 Å². The maximum Gasteiger partial charge on any atom is 0.419 e. The molecule has 0 aliphatic carbocycles. The highest BCUT2D eigenvalue weighted by molar-refractivity contribution is 14.1. The number of halogens is 20. The zero-order valence-corrected chi connectivity index (χ0v) is 75.7. The number of aromatic nitrogens is 7. The van der Waals surface area contributed by atoms with Crippen LogP contribution in [0.5, 0.6) is 0 Å². The van der Waals surface area contributed by atoms with Crippen molar-refractivity contribution >= 4 is 190 Å². The van der Waals surface area contributed by atoms with Crippen molar-refractivity contribution in [2.75, 3.05) is 70.0 Å². The van der Waals surface area contributed by atoms with Crippen molar-refractivity contribution in [3.8, 4) is 73.7 Å². The van der Waals surface area contributed by atoms with Gasteiger partial charge in [0.15, 0.2) is 63.3 Å². The number of carboxylic acids is 1. The second-order valence-corrected chi connectivity index (χ2v) is 30.2. The van der Waals surface area contributed by atoms with Crippen molar-refractivity contribution in [1.82, 2.24) is 34.9 Å². The Morgan fingerprint density at radius 2 is 0.715 bits per heavy atom. The van der Waals surface area contributed by atoms with Gasteiger partial charge in [0, 0.05) is 56.1 Å². The molecular weight excluding hydrogens is 2120 g/mol. The second-order valence-electron chi connectivity index (χ2n) is 25.2. The van der Waals surface area contributed by atoms with E-state index in [-0.39, 0.29) is 111 Å². The summed E-state index contributed by atoms with van der Waals surface area (Å²) in [7, 11) is 5.90. The average molecular weight is 2180 g/mol. The molecule has 0 fully saturated rings. The summed E-state index contributed by atoms with van der Waals surface area (Å²) in [6.45, 7) is 8.82. The molecule has 130 heavy (non-hydrogen) atoms. The van der Waals surface area contributed by atoms with E-state index in [0.717, 1.165) is 61.2 Å². The summed E-state index contributed by atoms with van der Waals surface area (Å²) in [5, 5.41) is 16.4. The second kappa shape index (κ2) is 44.8. The Labute approximate surface area is 782 Å². The van der Waals surface area contributed by atoms with Gasteiger partial charge in [-0.2, -0.15) is 31.6 Å². The van der Waals surface area contributed by atoms with Crippen LogP contribution >= 0.6 is 108 Å². The standard InChI is InChI=1S/C15H11F4N3O2.C15H12FIN2O2.C14H8ClF2N3O2.C14H12ClIN2O2.C13H9BrClFN2O2.C13H6ClF5N2O2/c1-3-8-11(14(23)24-2)21-13(22-12(8)20)7-4-5-9(10(16)6-7)15(17,18)19;1-3-10-12(18)11(16)13(19-14(10)15(20)21-2)8-4-6-9(17)7-5-8;1-22-14(21)13-9(15)11(19)10(17)12(20-13)6-2-3-7(5-18)8(16)4-6;1-7-11(17)10(15)13(14(19)20-2)18-12(7)8-3-5-9(16)6-4-8;1-20-13(19)12-8(15)10(17)9(16)11(18-12)6-2-4-7(14)5-3-6;14-7-9(20)8(16)10(21-11(7)12(22)23)4-1-2-5(6(15)3-4)13(17,18)19/h3-6H,1H2,2H3,(H2,20,21,22);3-7H,1H2,2H3,(H2,18,19);2-4H,1H3,(H2,19,20);3-6H,1-2H3,(H2,17,18);2-5H,1H3,(H2,17,18);1-3H,(H2,20,21)(H,22,23). The summed E-state index contributed by atoms with van der Waals surface area (Å²) < 4.78 is 199. The number of nitrogens with two attached hydrogens (primary N) is 6. The number of aromatic carboxylic acids is 1. The number of rotatable bonds is 14. The lowest BCUT2D eigenvalue weighted by molar-refractivity contribution is -0.140. The molecule has 0 spiro atoms. The van der Waals surface area contributed by atoms with Crippen LogP contribution in [0.2, 0.25) is 20.1 Å². The molecule has 0 bridgehead atoms. The van der Waals surface area contributed by atoms with E-state index in [1.807, 2.05) is 43.3 Å². The topological polar surface area (TPSA) is 439 Å². The first-order chi connectivity index (χ1) is 61.0. The first-order valence-corrected chi connectivity index (χ1v) is 39.7. The van der Waals surface area contributed by atoms with Crippen LogP contribution in [0.4, 0.5) is 91.3 Å². The molecule has 12 aromatic rings. The molecule has 0 saturated heterocycles. The fourth-order valence-corrected chi connectivity index (χ4v) is 12.6. The Kier molecular flexibility index (Phi) is 35.8. The van der Waals surface area contributed by atoms with E-state index in [1.54, 1.807) is 42.5 Å². The molecule has 46 heteroatoms. The molecule has 0 saturated carbocycles. The number of esters is 5. The van der Waals surface area contributed by atoms with Gasteiger partial charge in [-0.05, 0) is 130 Å². The van der Waals surface area contributed by atoms with Crippen LogP contribution in [0.1, 0.15) is 96.3 Å². The van der Waals surface area contributed by atoms with E-state index in [0.29, 0.717) is 46.8 Å². The summed E-state index contributed by atoms with van der Waals surface area (Å²) in [4.78, 5) is 96.6. The number of nitrogens with zero attached hydrogens (tertiary/aromatic N) is 8. The third-order valence-electron chi connectivity index (χ3n) is 17.3. The van der Waals surface area contributed by atoms with Crippen molar-refractivity contribution in [1.29, 1.82) is 5.26 Å². The van der Waals surface area contributed by atoms with Gasteiger partial charge in [-0.25, -0.2) is 94.4 Å². The van der Waals surface area contributed by atoms with Crippen molar-refractivity contribution in [2.24, 2.45) is 0 Å². The summed E-state index contributed by atoms with van der Waals surface area (Å²) in [6.07, 6.45) is -7.24. The van der Waals surface area contributed by atoms with Crippen molar-refractivity contribution < 1.29 is 115 Å². The maximum absolute atomic E-state index is 14.4. The van der Waals surface area contributed by atoms with Crippen molar-refractivity contribution in [3.63, 3.8) is 0 Å². The number of nitriles is 1. The first kappa shape index (κ1) is 104. The fourth-order valence-electron chi connectivity index (χ4n) is 10.7. The fraction of sp³-hybridized carbons (Fsp3) is 0.0952. The molecule has 0 radical (unpaired) electrons. The van der Waals surface area contributed by atoms with E-state index >= 15 is 0 Å². The Hall–Kier alpha value is -13.1. The van der Waals surface area contributed by atoms with Gasteiger partial charge in [-0.1, -0.05) is 142 Å². The van der Waals surface area contributed by atoms with Crippen LogP contribution in [0.3, 0.4) is 0 Å². The molecule has 6 heterocycles. The zero-order chi connectivity index (χ0) is 97.3. The largest absolute Gasteiger partial charge is 0.476 e. The third kappa shape index (κ3) is 24.3. The highest BCUT2D eigenvalue weighted by Gasteiger charge is 2.37. The highest BCUT2D eigenvalue weighted by atomic mass is 127. The minimum atomic E-state index is -4.93. The number of carboxylic acid groups (broad SMARTS) is 1. The van der Waals surface area contributed by atoms with E-state index in [1.165, 1.54) is 39.5 Å². The van der Waals surface area contributed by atoms with E-state index < -0.39 is 133 Å². The average Bonchev–Trinajstić information content (AvgIpc) is 0.322. The van der Waals surface area contributed by atoms with Crippen LogP contribution in [-0.4, -0.2) is 111 Å². The van der Waals surface area contributed by atoms with Crippen LogP contribution in [-0.2, 0) is 36.0 Å². The lowest BCUT2D eigenvalue weighted by Gasteiger charge is -2.12. The number of alkyl halides is 6. The number of benzene rings is 6. The quantitative estimate of drug-likeness (QED) is 0.0230. The van der Waals surface area contributed by atoms with Gasteiger partial charge < -0.3 is 63.2 Å². The molecule has 676 valence electrons. The predicted molar refractivity (Wildman–Crippen MR) is 478 cm³/mol. The highest BCUT2D eigenvalue weighted by Crippen LogP contribution is 2.41. The Morgan fingerprint density at radius 3 is 1.08 bits per heavy atom. The lowest BCUT2D eigenvalue weighted by Crippen LogP contribution is -2.12. The molecular formula is C84H58BrCl4F13I2N14O12. The van der Waals surface area contributed by atoms with Gasteiger partial charge >= 0.3 is 48.2 Å². The molecule has 26 nitrogen and oxygen atoms in total. The molecule has 0 amide bonds. The smallest absolute Gasteiger partial charge is 0.419 e. The summed E-state index contributed by atoms with van der Waals surface area (Å²) in [6, 6.07) is 30.2. The normalized spacial score (nSPS) is 10.7. The number of ether oxygens (including phenoxy) is 5. The molecule has 6 aromatic carbocycles. The Morgan fingerprint density at radius 1 is 0.415 bits per heavy atom. The van der Waals surface area contributed by atoms with Crippen LogP contribution < -0.4 is 34.4 Å². The number of carbonyl (C=O) groups is 6. The number of pyridine rings is 5. The molecule has 0 atom stereocenters. The molecule has 0 unspecified atom stereocenters. The van der Waals surface area contributed by atoms with Gasteiger partial charge in [0.1, 0.15) is 52.1 Å². The minimum Gasteiger partial charge on any atom is -0.476 e. The summed E-state index contributed by atoms with van der Waals surface area (Å²) in [5.41, 5.74) is 29.4. The van der Waals surface area contributed by atoms with Crippen LogP contribution in [0.15, 0.2) is 145 Å². The number of nitrogen functional groups attached to an aromatic ring is 6. The molecule has 13 N–H and O–H groups in total. The molecule has 0 aliphatic rings. The van der Waals surface area contributed by atoms with E-state index in [2.05, 4.69) is 133 Å². The summed E-state index contributed by atoms with van der Waals surface area (Å²) >= 11 is 30.8. The van der Waals surface area contributed by atoms with Gasteiger partial charge in [0.2, 0.25) is 0 Å². The van der Waals surface area contributed by atoms with Crippen molar-refractivity contribution in [3.05, 3.63) is 281 Å². The number of anilines is 6. The lowest BCUT2D eigenvalue weighted by atomic mass is 10.0. The number of carbonyl (C=O) groups excluding carboxylic acids is 5. The SMILES string of the molecule is C=Cc1c(C(=O)OC)nc(-c2ccc(I)cc2)c(F)c1N.C=Cc1c(N)nc(-c2ccc(C(F)(F)F)c(F)c2)nc1C(=O)OC.COC(=O)c1nc(-c2ccc(Br)cc2)c(F)c(N)c1Cl.COC(=O)c1nc(-c2ccc(C#N)c(F)c2)c(F)c(N)c1Cl.COC(=O)c1nc(-c2ccc(I)cc2)c(C)c(N)c1Cl.Nc1c(F)c(-c2ccc(C(F)(F)F)c(F)c2)nc(C(=O)O)c1Cl. The third-order valence-corrected chi connectivity index (χ3v) is 20.8. The Bertz CT molecular complexity index is 6400. The van der Waals surface area contributed by atoms with Crippen molar-refractivity contribution in [2.45, 2.75) is 19.3 Å². The summed E-state index contributed by atoms with van der Waals surface area (Å²) in [5.74, 6) is -13.5. The van der Waals surface area contributed by atoms with Gasteiger partial charge in [0.25, 0.3) is 0 Å². The zero-order valence-electron chi connectivity index (χ0n) is 66.7. The number of methoxy groups -OCH3 is 5. The number of hydrogen-bond acceptors (Lipinski definition) is 25. The first-order valence-electron chi connectivity index (χ1n) is 35.2. The predicted octanol–water partition coefficient (Wildman–Crippen LogP) is 21.1. The molecule has 0 aliphatic heterocycles. The van der Waals surface area contributed by atoms with Gasteiger partial charge in [-0.3, -0.25) is 0 Å². The monoisotopic (exact) mass is 2170 g/mol. The van der Waals surface area contributed by atoms with Crippen LogP contribution in [0, 0.1) is 66.1 Å². The minimum absolute atomic E-state index is 0.00233. The maximum atomic E-state index is 14.4. The molecule has 12 rings (SSSR count). The van der Waals surface area contributed by atoms with Gasteiger partial charge in [-0.15, -0.1) is 0 Å². The van der Waals surface area contributed by atoms with Crippen LogP contribution in [0.25, 0.3) is 79.8 Å². The Balaban J connectivity index is 0.000000214. The van der Waals surface area contributed by atoms with E-state index in [4.69, 9.17) is 91.2 Å². The number of hydrogen-bond donors (Lipinski definition) is 7.